The van der Waals surface area contributed by atoms with E-state index in [4.69, 9.17) is 9.68 Å². The summed E-state index contributed by atoms with van der Waals surface area (Å²) in [5, 5.41) is 8.46. The third-order valence-electron chi connectivity index (χ3n) is 2.19. The Morgan fingerprint density at radius 2 is 2.31 bits per heavy atom. The van der Waals surface area contributed by atoms with Gasteiger partial charge in [0.25, 0.3) is 0 Å². The molecule has 0 spiro atoms. The van der Waals surface area contributed by atoms with E-state index in [-0.39, 0.29) is 0 Å². The molecule has 0 aliphatic heterocycles. The fraction of sp³-hybridized carbons (Fsp3) is 0.100. The summed E-state index contributed by atoms with van der Waals surface area (Å²) in [6, 6.07) is 6.24. The highest BCUT2D eigenvalue weighted by atomic mass is 16.4. The van der Waals surface area contributed by atoms with Crippen molar-refractivity contribution in [1.29, 1.82) is 5.26 Å². The van der Waals surface area contributed by atoms with E-state index < -0.39 is 11.7 Å². The van der Waals surface area contributed by atoms with Gasteiger partial charge in [0.05, 0.1) is 5.52 Å². The van der Waals surface area contributed by atoms with Crippen LogP contribution in [-0.4, -0.2) is 17.9 Å². The van der Waals surface area contributed by atoms with Crippen molar-refractivity contribution < 1.29 is 9.21 Å². The molecule has 0 saturated carbocycles. The maximum absolute atomic E-state index is 11.1. The first kappa shape index (κ1) is 9.98. The van der Waals surface area contributed by atoms with Gasteiger partial charge in [-0.1, -0.05) is 0 Å². The second kappa shape index (κ2) is 3.55. The minimum Gasteiger partial charge on any atom is -0.408 e. The van der Waals surface area contributed by atoms with Gasteiger partial charge in [0, 0.05) is 18.8 Å². The third-order valence-corrected chi connectivity index (χ3v) is 2.19. The number of oxazole rings is 1. The van der Waals surface area contributed by atoms with Crippen LogP contribution in [0.4, 0.5) is 5.69 Å². The van der Waals surface area contributed by atoms with Crippen LogP contribution in [0.1, 0.15) is 0 Å². The number of nitrogens with one attached hydrogen (secondary N) is 1. The van der Waals surface area contributed by atoms with Crippen molar-refractivity contribution in [2.24, 2.45) is 0 Å². The van der Waals surface area contributed by atoms with Crippen LogP contribution in [0, 0.1) is 11.3 Å². The first-order valence-electron chi connectivity index (χ1n) is 4.42. The van der Waals surface area contributed by atoms with Crippen molar-refractivity contribution in [2.75, 3.05) is 11.9 Å². The molecule has 0 atom stereocenters. The number of hydrogen-bond donors (Lipinski definition) is 1. The predicted octanol–water partition coefficient (Wildman–Crippen LogP) is 0.607. The zero-order valence-electron chi connectivity index (χ0n) is 8.35. The largest absolute Gasteiger partial charge is 0.417 e. The summed E-state index contributed by atoms with van der Waals surface area (Å²) < 4.78 is 4.84. The summed E-state index contributed by atoms with van der Waals surface area (Å²) in [4.78, 5) is 25.7. The number of H-pyrrole nitrogens is 1. The van der Waals surface area contributed by atoms with Gasteiger partial charge in [-0.15, -0.1) is 0 Å². The normalized spacial score (nSPS) is 10.0. The Morgan fingerprint density at radius 3 is 3.00 bits per heavy atom. The number of aromatic amines is 1. The van der Waals surface area contributed by atoms with Gasteiger partial charge in [-0.2, -0.15) is 5.26 Å². The van der Waals surface area contributed by atoms with Gasteiger partial charge in [0.15, 0.2) is 11.7 Å². The zero-order chi connectivity index (χ0) is 11.7. The third kappa shape index (κ3) is 1.54. The van der Waals surface area contributed by atoms with Crippen LogP contribution in [0.2, 0.25) is 0 Å². The maximum atomic E-state index is 11.1. The Bertz CT molecular complexity index is 647. The summed E-state index contributed by atoms with van der Waals surface area (Å²) >= 11 is 0. The van der Waals surface area contributed by atoms with Crippen LogP contribution in [0.25, 0.3) is 11.1 Å². The highest BCUT2D eigenvalue weighted by molar-refractivity contribution is 6.04. The van der Waals surface area contributed by atoms with Gasteiger partial charge in [-0.25, -0.2) is 4.79 Å². The number of carbonyl (C=O) groups is 1. The van der Waals surface area contributed by atoms with Crippen LogP contribution >= 0.6 is 0 Å². The molecule has 16 heavy (non-hydrogen) atoms. The molecule has 2 aromatic rings. The van der Waals surface area contributed by atoms with Gasteiger partial charge in [-0.3, -0.25) is 9.78 Å². The van der Waals surface area contributed by atoms with Gasteiger partial charge in [0.1, 0.15) is 0 Å². The van der Waals surface area contributed by atoms with E-state index in [9.17, 15) is 9.59 Å². The molecular weight excluding hydrogens is 210 g/mol. The SMILES string of the molecule is CN(C(=O)C#N)c1ccc2[nH]c(=O)oc2c1. The minimum absolute atomic E-state index is 0.347. The van der Waals surface area contributed by atoms with E-state index in [1.165, 1.54) is 24.1 Å². The lowest BCUT2D eigenvalue weighted by Gasteiger charge is -2.12. The van der Waals surface area contributed by atoms with Gasteiger partial charge in [0.2, 0.25) is 0 Å². The second-order valence-electron chi connectivity index (χ2n) is 3.17. The number of hydrogen-bond acceptors (Lipinski definition) is 4. The van der Waals surface area contributed by atoms with Gasteiger partial charge in [-0.05, 0) is 12.1 Å². The standard InChI is InChI=1S/C10H7N3O3/c1-13(9(14)5-11)6-2-3-7-8(4-6)16-10(15)12-7/h2-4H,1H3,(H,12,15). The molecule has 0 saturated heterocycles. The van der Waals surface area contributed by atoms with Gasteiger partial charge < -0.3 is 9.32 Å². The van der Waals surface area contributed by atoms with E-state index >= 15 is 0 Å². The van der Waals surface area contributed by atoms with Crippen LogP contribution in [0.5, 0.6) is 0 Å². The average Bonchev–Trinajstić information content (AvgIpc) is 2.65. The zero-order valence-corrected chi connectivity index (χ0v) is 8.35. The molecule has 6 nitrogen and oxygen atoms in total. The Balaban J connectivity index is 2.51. The molecule has 0 bridgehead atoms. The van der Waals surface area contributed by atoms with E-state index in [0.29, 0.717) is 16.8 Å². The maximum Gasteiger partial charge on any atom is 0.417 e. The molecule has 1 aromatic carbocycles. The first-order valence-corrected chi connectivity index (χ1v) is 4.42. The van der Waals surface area contributed by atoms with Crippen molar-refractivity contribution in [3.8, 4) is 6.07 Å². The number of nitriles is 1. The molecular formula is C10H7N3O3. The molecule has 2 rings (SSSR count). The van der Waals surface area contributed by atoms with Crippen molar-refractivity contribution >= 4 is 22.7 Å². The number of amides is 1. The number of fused-ring (bicyclic) bond motifs is 1. The highest BCUT2D eigenvalue weighted by Crippen LogP contribution is 2.19. The molecule has 0 aliphatic carbocycles. The van der Waals surface area contributed by atoms with Gasteiger partial charge >= 0.3 is 11.7 Å². The molecule has 0 unspecified atom stereocenters. The second-order valence-corrected chi connectivity index (χ2v) is 3.17. The molecule has 0 radical (unpaired) electrons. The Hall–Kier alpha value is -2.55. The number of aromatic nitrogens is 1. The average molecular weight is 217 g/mol. The molecule has 1 N–H and O–H groups in total. The first-order chi connectivity index (χ1) is 7.61. The molecule has 1 heterocycles. The molecule has 6 heteroatoms. The van der Waals surface area contributed by atoms with Crippen LogP contribution in [0.3, 0.4) is 0 Å². The number of benzene rings is 1. The van der Waals surface area contributed by atoms with Crippen molar-refractivity contribution in [3.63, 3.8) is 0 Å². The van der Waals surface area contributed by atoms with Crippen LogP contribution in [-0.2, 0) is 4.79 Å². The number of rotatable bonds is 1. The molecule has 0 aliphatic rings. The highest BCUT2D eigenvalue weighted by Gasteiger charge is 2.11. The van der Waals surface area contributed by atoms with Crippen molar-refractivity contribution in [1.82, 2.24) is 4.98 Å². The molecule has 0 fully saturated rings. The lowest BCUT2D eigenvalue weighted by atomic mass is 10.2. The fourth-order valence-electron chi connectivity index (χ4n) is 1.33. The molecule has 80 valence electrons. The quantitative estimate of drug-likeness (QED) is 0.708. The predicted molar refractivity (Wildman–Crippen MR) is 55.9 cm³/mol. The Morgan fingerprint density at radius 1 is 1.56 bits per heavy atom. The fourth-order valence-corrected chi connectivity index (χ4v) is 1.33. The van der Waals surface area contributed by atoms with Crippen LogP contribution < -0.4 is 10.7 Å². The Labute approximate surface area is 89.7 Å². The van der Waals surface area contributed by atoms with E-state index in [1.54, 1.807) is 12.1 Å². The number of carbonyl (C=O) groups excluding carboxylic acids is 1. The topological polar surface area (TPSA) is 90.1 Å². The van der Waals surface area contributed by atoms with Crippen molar-refractivity contribution in [2.45, 2.75) is 0 Å². The summed E-state index contributed by atoms with van der Waals surface area (Å²) in [6.07, 6.45) is 0. The smallest absolute Gasteiger partial charge is 0.408 e. The molecule has 1 amide bonds. The molecule has 1 aromatic heterocycles. The lowest BCUT2D eigenvalue weighted by molar-refractivity contribution is -0.113. The summed E-state index contributed by atoms with van der Waals surface area (Å²) in [5.74, 6) is -1.24. The van der Waals surface area contributed by atoms with Crippen molar-refractivity contribution in [3.05, 3.63) is 28.7 Å². The number of anilines is 1. The monoisotopic (exact) mass is 217 g/mol. The van der Waals surface area contributed by atoms with Crippen LogP contribution in [0.15, 0.2) is 27.4 Å². The summed E-state index contributed by atoms with van der Waals surface area (Å²) in [5.41, 5.74) is 1.38. The minimum atomic E-state index is -0.683. The summed E-state index contributed by atoms with van der Waals surface area (Å²) in [6.45, 7) is 0. The Kier molecular flexibility index (Phi) is 2.21. The number of nitrogens with zero attached hydrogens (tertiary/aromatic N) is 2. The summed E-state index contributed by atoms with van der Waals surface area (Å²) in [7, 11) is 1.47. The lowest BCUT2D eigenvalue weighted by Crippen LogP contribution is -2.24. The van der Waals surface area contributed by atoms with E-state index in [2.05, 4.69) is 4.98 Å². The van der Waals surface area contributed by atoms with E-state index in [1.807, 2.05) is 0 Å². The van der Waals surface area contributed by atoms with E-state index in [0.717, 1.165) is 0 Å².